The summed E-state index contributed by atoms with van der Waals surface area (Å²) in [5.41, 5.74) is 1.97. The van der Waals surface area contributed by atoms with E-state index in [-0.39, 0.29) is 18.3 Å². The third-order valence-electron chi connectivity index (χ3n) is 3.36. The predicted octanol–water partition coefficient (Wildman–Crippen LogP) is 2.63. The number of aromatic hydroxyl groups is 1. The molecule has 1 aromatic rings. The molecular weight excluding hydrogens is 254 g/mol. The third kappa shape index (κ3) is 4.23. The van der Waals surface area contributed by atoms with E-state index < -0.39 is 0 Å². The molecule has 0 saturated heterocycles. The molecule has 1 aromatic carbocycles. The van der Waals surface area contributed by atoms with Crippen molar-refractivity contribution in [3.63, 3.8) is 0 Å². The van der Waals surface area contributed by atoms with Crippen molar-refractivity contribution >= 4 is 5.91 Å². The Kier molecular flexibility index (Phi) is 6.52. The standard InChI is InChI=1S/C16H25NO3/c1-4-5-6-7-17(8-9-18)16(20)14-11-12(2)10-13(3)15(14)19/h10-11,18-19H,4-9H2,1-3H3. The molecule has 1 rings (SSSR count). The van der Waals surface area contributed by atoms with Crippen molar-refractivity contribution in [3.05, 3.63) is 28.8 Å². The highest BCUT2D eigenvalue weighted by molar-refractivity contribution is 5.97. The van der Waals surface area contributed by atoms with Crippen molar-refractivity contribution in [2.75, 3.05) is 19.7 Å². The first-order valence-electron chi connectivity index (χ1n) is 7.21. The van der Waals surface area contributed by atoms with Gasteiger partial charge in [0.1, 0.15) is 5.75 Å². The lowest BCUT2D eigenvalue weighted by molar-refractivity contribution is 0.0715. The number of unbranched alkanes of at least 4 members (excludes halogenated alkanes) is 2. The molecule has 4 heteroatoms. The van der Waals surface area contributed by atoms with Crippen LogP contribution in [0.1, 0.15) is 47.7 Å². The van der Waals surface area contributed by atoms with Gasteiger partial charge < -0.3 is 15.1 Å². The number of carbonyl (C=O) groups excluding carboxylic acids is 1. The Morgan fingerprint density at radius 2 is 1.90 bits per heavy atom. The molecule has 20 heavy (non-hydrogen) atoms. The summed E-state index contributed by atoms with van der Waals surface area (Å²) >= 11 is 0. The minimum Gasteiger partial charge on any atom is -0.507 e. The molecule has 0 heterocycles. The lowest BCUT2D eigenvalue weighted by Crippen LogP contribution is -2.34. The fraction of sp³-hybridized carbons (Fsp3) is 0.562. The van der Waals surface area contributed by atoms with Gasteiger partial charge in [-0.3, -0.25) is 4.79 Å². The molecule has 0 aliphatic heterocycles. The second kappa shape index (κ2) is 7.90. The van der Waals surface area contributed by atoms with E-state index in [0.717, 1.165) is 24.8 Å². The molecule has 0 radical (unpaired) electrons. The number of rotatable bonds is 7. The molecule has 1 amide bonds. The van der Waals surface area contributed by atoms with E-state index in [0.29, 0.717) is 24.2 Å². The number of carbonyl (C=O) groups is 1. The van der Waals surface area contributed by atoms with Crippen LogP contribution in [0.15, 0.2) is 12.1 Å². The average molecular weight is 279 g/mol. The van der Waals surface area contributed by atoms with Crippen molar-refractivity contribution in [1.82, 2.24) is 4.90 Å². The number of aryl methyl sites for hydroxylation is 2. The van der Waals surface area contributed by atoms with Gasteiger partial charge in [-0.15, -0.1) is 0 Å². The van der Waals surface area contributed by atoms with Crippen molar-refractivity contribution in [3.8, 4) is 5.75 Å². The SMILES string of the molecule is CCCCCN(CCO)C(=O)c1cc(C)cc(C)c1O. The molecular formula is C16H25NO3. The normalized spacial score (nSPS) is 10.6. The van der Waals surface area contributed by atoms with Crippen LogP contribution in [-0.4, -0.2) is 40.7 Å². The zero-order valence-corrected chi connectivity index (χ0v) is 12.6. The first-order chi connectivity index (χ1) is 9.51. The van der Waals surface area contributed by atoms with E-state index in [1.165, 1.54) is 0 Å². The van der Waals surface area contributed by atoms with Crippen LogP contribution in [0.3, 0.4) is 0 Å². The first kappa shape index (κ1) is 16.5. The van der Waals surface area contributed by atoms with Crippen LogP contribution in [0, 0.1) is 13.8 Å². The zero-order valence-electron chi connectivity index (χ0n) is 12.6. The lowest BCUT2D eigenvalue weighted by Gasteiger charge is -2.22. The number of nitrogens with zero attached hydrogens (tertiary/aromatic N) is 1. The first-order valence-corrected chi connectivity index (χ1v) is 7.21. The van der Waals surface area contributed by atoms with Crippen molar-refractivity contribution < 1.29 is 15.0 Å². The molecule has 0 bridgehead atoms. The topological polar surface area (TPSA) is 60.8 Å². The molecule has 0 spiro atoms. The summed E-state index contributed by atoms with van der Waals surface area (Å²) in [6.07, 6.45) is 3.04. The smallest absolute Gasteiger partial charge is 0.257 e. The molecule has 0 aliphatic rings. The van der Waals surface area contributed by atoms with Gasteiger partial charge in [0.25, 0.3) is 5.91 Å². The van der Waals surface area contributed by atoms with Gasteiger partial charge in [0.15, 0.2) is 0 Å². The summed E-state index contributed by atoms with van der Waals surface area (Å²) in [4.78, 5) is 14.1. The molecule has 0 atom stereocenters. The summed E-state index contributed by atoms with van der Waals surface area (Å²) in [5.74, 6) is -0.168. The van der Waals surface area contributed by atoms with Crippen molar-refractivity contribution in [2.45, 2.75) is 40.0 Å². The molecule has 0 fully saturated rings. The quantitative estimate of drug-likeness (QED) is 0.754. The van der Waals surface area contributed by atoms with Crippen LogP contribution in [0.4, 0.5) is 0 Å². The van der Waals surface area contributed by atoms with Crippen molar-refractivity contribution in [2.24, 2.45) is 0 Å². The van der Waals surface area contributed by atoms with Gasteiger partial charge in [0.05, 0.1) is 12.2 Å². The molecule has 0 aliphatic carbocycles. The molecule has 0 unspecified atom stereocenters. The number of amides is 1. The highest BCUT2D eigenvalue weighted by atomic mass is 16.3. The Morgan fingerprint density at radius 3 is 2.50 bits per heavy atom. The number of hydrogen-bond donors (Lipinski definition) is 2. The van der Waals surface area contributed by atoms with Crippen LogP contribution < -0.4 is 0 Å². The van der Waals surface area contributed by atoms with Crippen molar-refractivity contribution in [1.29, 1.82) is 0 Å². The Morgan fingerprint density at radius 1 is 1.20 bits per heavy atom. The molecule has 0 saturated carbocycles. The highest BCUT2D eigenvalue weighted by Crippen LogP contribution is 2.25. The number of aliphatic hydroxyl groups excluding tert-OH is 1. The summed E-state index contributed by atoms with van der Waals surface area (Å²) in [6, 6.07) is 3.55. The lowest BCUT2D eigenvalue weighted by atomic mass is 10.0. The molecule has 112 valence electrons. The van der Waals surface area contributed by atoms with Gasteiger partial charge in [-0.2, -0.15) is 0 Å². The van der Waals surface area contributed by atoms with E-state index in [2.05, 4.69) is 6.92 Å². The maximum atomic E-state index is 12.5. The Labute approximate surface area is 121 Å². The summed E-state index contributed by atoms with van der Waals surface area (Å²) in [6.45, 7) is 6.63. The largest absolute Gasteiger partial charge is 0.507 e. The molecule has 2 N–H and O–H groups in total. The van der Waals surface area contributed by atoms with Gasteiger partial charge in [-0.1, -0.05) is 25.8 Å². The van der Waals surface area contributed by atoms with Gasteiger partial charge in [0.2, 0.25) is 0 Å². The fourth-order valence-electron chi connectivity index (χ4n) is 2.28. The maximum Gasteiger partial charge on any atom is 0.257 e. The number of hydrogen-bond acceptors (Lipinski definition) is 3. The van der Waals surface area contributed by atoms with E-state index in [1.807, 2.05) is 13.0 Å². The number of phenols is 1. The summed E-state index contributed by atoms with van der Waals surface area (Å²) < 4.78 is 0. The molecule has 0 aromatic heterocycles. The average Bonchev–Trinajstić information content (AvgIpc) is 2.41. The van der Waals surface area contributed by atoms with Gasteiger partial charge >= 0.3 is 0 Å². The number of benzene rings is 1. The number of phenolic OH excluding ortho intramolecular Hbond substituents is 1. The van der Waals surface area contributed by atoms with Gasteiger partial charge in [-0.05, 0) is 37.5 Å². The second-order valence-corrected chi connectivity index (χ2v) is 5.20. The third-order valence-corrected chi connectivity index (χ3v) is 3.36. The van der Waals surface area contributed by atoms with E-state index in [4.69, 9.17) is 5.11 Å². The summed E-state index contributed by atoms with van der Waals surface area (Å²) in [5, 5.41) is 19.2. The number of aliphatic hydroxyl groups is 1. The molecule has 4 nitrogen and oxygen atoms in total. The van der Waals surface area contributed by atoms with Crippen LogP contribution in [0.2, 0.25) is 0 Å². The van der Waals surface area contributed by atoms with Gasteiger partial charge in [-0.25, -0.2) is 0 Å². The Balaban J connectivity index is 2.93. The Hall–Kier alpha value is -1.55. The van der Waals surface area contributed by atoms with Gasteiger partial charge in [0, 0.05) is 13.1 Å². The van der Waals surface area contributed by atoms with E-state index in [9.17, 15) is 9.90 Å². The minimum absolute atomic E-state index is 0.0408. The van der Waals surface area contributed by atoms with E-state index >= 15 is 0 Å². The van der Waals surface area contributed by atoms with Crippen LogP contribution in [0.25, 0.3) is 0 Å². The van der Waals surface area contributed by atoms with E-state index in [1.54, 1.807) is 17.9 Å². The second-order valence-electron chi connectivity index (χ2n) is 5.20. The van der Waals surface area contributed by atoms with Crippen LogP contribution in [0.5, 0.6) is 5.75 Å². The minimum atomic E-state index is -0.209. The Bertz CT molecular complexity index is 457. The fourth-order valence-corrected chi connectivity index (χ4v) is 2.28. The monoisotopic (exact) mass is 279 g/mol. The van der Waals surface area contributed by atoms with Crippen LogP contribution in [-0.2, 0) is 0 Å². The van der Waals surface area contributed by atoms with Crippen LogP contribution >= 0.6 is 0 Å². The predicted molar refractivity (Wildman–Crippen MR) is 80.1 cm³/mol. The zero-order chi connectivity index (χ0) is 15.1. The summed E-state index contributed by atoms with van der Waals surface area (Å²) in [7, 11) is 0. The maximum absolute atomic E-state index is 12.5. The highest BCUT2D eigenvalue weighted by Gasteiger charge is 2.19.